The second kappa shape index (κ2) is 4.00. The molecule has 1 heterocycles. The summed E-state index contributed by atoms with van der Waals surface area (Å²) in [6.07, 6.45) is 5.59. The molecule has 88 valence electrons. The molecule has 1 aromatic carbocycles. The summed E-state index contributed by atoms with van der Waals surface area (Å²) in [6.45, 7) is 0.715. The summed E-state index contributed by atoms with van der Waals surface area (Å²) >= 11 is 0. The molecule has 3 heteroatoms. The molecule has 0 atom stereocenters. The first-order valence-corrected chi connectivity index (χ1v) is 6.15. The first-order valence-electron chi connectivity index (χ1n) is 6.15. The largest absolute Gasteiger partial charge is 0.330 e. The van der Waals surface area contributed by atoms with Gasteiger partial charge in [0.15, 0.2) is 0 Å². The van der Waals surface area contributed by atoms with Crippen molar-refractivity contribution >= 4 is 0 Å². The molecule has 0 saturated heterocycles. The van der Waals surface area contributed by atoms with E-state index in [1.807, 2.05) is 12.3 Å². The van der Waals surface area contributed by atoms with Crippen molar-refractivity contribution in [3.63, 3.8) is 0 Å². The van der Waals surface area contributed by atoms with E-state index in [0.29, 0.717) is 6.54 Å². The van der Waals surface area contributed by atoms with Crippen LogP contribution in [0.3, 0.4) is 0 Å². The second-order valence-corrected chi connectivity index (χ2v) is 4.86. The lowest BCUT2D eigenvalue weighted by molar-refractivity contribution is 0.254. The highest BCUT2D eigenvalue weighted by atomic mass is 15.1. The summed E-state index contributed by atoms with van der Waals surface area (Å²) < 4.78 is 0. The Balaban J connectivity index is 2.06. The first kappa shape index (κ1) is 10.5. The van der Waals surface area contributed by atoms with E-state index in [1.165, 1.54) is 30.4 Å². The smallest absolute Gasteiger partial charge is 0.0688 e. The van der Waals surface area contributed by atoms with Crippen molar-refractivity contribution in [2.24, 2.45) is 5.73 Å². The molecular weight excluding hydrogens is 210 g/mol. The van der Waals surface area contributed by atoms with Crippen molar-refractivity contribution < 1.29 is 0 Å². The van der Waals surface area contributed by atoms with E-state index in [2.05, 4.69) is 34.5 Å². The van der Waals surface area contributed by atoms with Gasteiger partial charge < -0.3 is 5.73 Å². The third-order valence-corrected chi connectivity index (χ3v) is 3.97. The molecule has 3 nitrogen and oxygen atoms in total. The Kier molecular flexibility index (Phi) is 2.48. The average molecular weight is 227 g/mol. The van der Waals surface area contributed by atoms with E-state index >= 15 is 0 Å². The Morgan fingerprint density at radius 1 is 1.24 bits per heavy atom. The molecule has 1 aliphatic carbocycles. The zero-order valence-electron chi connectivity index (χ0n) is 9.82. The van der Waals surface area contributed by atoms with E-state index in [1.54, 1.807) is 0 Å². The van der Waals surface area contributed by atoms with Gasteiger partial charge in [0.05, 0.1) is 11.9 Å². The van der Waals surface area contributed by atoms with Crippen LogP contribution >= 0.6 is 0 Å². The van der Waals surface area contributed by atoms with Gasteiger partial charge >= 0.3 is 0 Å². The van der Waals surface area contributed by atoms with Gasteiger partial charge in [-0.3, -0.25) is 5.10 Å². The van der Waals surface area contributed by atoms with Crippen LogP contribution in [0.5, 0.6) is 0 Å². The van der Waals surface area contributed by atoms with Crippen LogP contribution < -0.4 is 5.73 Å². The van der Waals surface area contributed by atoms with E-state index in [4.69, 9.17) is 5.73 Å². The molecule has 2 aromatic rings. The number of aromatic amines is 1. The third-order valence-electron chi connectivity index (χ3n) is 3.97. The van der Waals surface area contributed by atoms with Gasteiger partial charge in [0, 0.05) is 17.5 Å². The fourth-order valence-corrected chi connectivity index (χ4v) is 2.70. The van der Waals surface area contributed by atoms with Gasteiger partial charge in [0.2, 0.25) is 0 Å². The van der Waals surface area contributed by atoms with E-state index < -0.39 is 0 Å². The molecule has 1 saturated carbocycles. The van der Waals surface area contributed by atoms with Crippen LogP contribution in [0.2, 0.25) is 0 Å². The number of aromatic nitrogens is 2. The van der Waals surface area contributed by atoms with E-state index in [9.17, 15) is 0 Å². The first-order chi connectivity index (χ1) is 8.36. The van der Waals surface area contributed by atoms with Gasteiger partial charge in [-0.15, -0.1) is 0 Å². The summed E-state index contributed by atoms with van der Waals surface area (Å²) in [6, 6.07) is 10.4. The quantitative estimate of drug-likeness (QED) is 0.846. The van der Waals surface area contributed by atoms with Gasteiger partial charge in [-0.1, -0.05) is 36.8 Å². The molecule has 3 N–H and O–H groups in total. The monoisotopic (exact) mass is 227 g/mol. The zero-order valence-corrected chi connectivity index (χ0v) is 9.82. The van der Waals surface area contributed by atoms with Gasteiger partial charge in [-0.2, -0.15) is 5.10 Å². The Hall–Kier alpha value is -1.61. The molecule has 17 heavy (non-hydrogen) atoms. The average Bonchev–Trinajstić information content (AvgIpc) is 2.79. The number of rotatable bonds is 3. The van der Waals surface area contributed by atoms with Crippen LogP contribution in [0.15, 0.2) is 36.5 Å². The zero-order chi connectivity index (χ0) is 11.7. The van der Waals surface area contributed by atoms with E-state index in [0.717, 1.165) is 5.69 Å². The lowest BCUT2D eigenvalue weighted by Crippen LogP contribution is -2.41. The van der Waals surface area contributed by atoms with E-state index in [-0.39, 0.29) is 5.41 Å². The Bertz CT molecular complexity index is 492. The predicted octanol–water partition coefficient (Wildman–Crippen LogP) is 2.46. The number of hydrogen-bond donors (Lipinski definition) is 2. The molecule has 1 aliphatic rings. The van der Waals surface area contributed by atoms with Gasteiger partial charge in [0.1, 0.15) is 0 Å². The molecule has 0 amide bonds. The van der Waals surface area contributed by atoms with Crippen molar-refractivity contribution in [3.8, 4) is 11.3 Å². The SMILES string of the molecule is NCC1(c2cn[nH]c2-c2ccccc2)CCC1. The Morgan fingerprint density at radius 2 is 2.00 bits per heavy atom. The highest BCUT2D eigenvalue weighted by molar-refractivity contribution is 5.64. The normalized spacial score (nSPS) is 17.7. The number of hydrogen-bond acceptors (Lipinski definition) is 2. The number of nitrogens with zero attached hydrogens (tertiary/aromatic N) is 1. The summed E-state index contributed by atoms with van der Waals surface area (Å²) in [5, 5.41) is 7.34. The fourth-order valence-electron chi connectivity index (χ4n) is 2.70. The van der Waals surface area contributed by atoms with Crippen LogP contribution in [0.4, 0.5) is 0 Å². The molecule has 0 bridgehead atoms. The second-order valence-electron chi connectivity index (χ2n) is 4.86. The van der Waals surface area contributed by atoms with Crippen molar-refractivity contribution in [3.05, 3.63) is 42.1 Å². The summed E-state index contributed by atoms with van der Waals surface area (Å²) in [4.78, 5) is 0. The fraction of sp³-hybridized carbons (Fsp3) is 0.357. The third kappa shape index (κ3) is 1.58. The number of benzene rings is 1. The highest BCUT2D eigenvalue weighted by Gasteiger charge is 2.39. The molecule has 1 aromatic heterocycles. The van der Waals surface area contributed by atoms with Crippen LogP contribution in [-0.2, 0) is 5.41 Å². The maximum Gasteiger partial charge on any atom is 0.0688 e. The van der Waals surface area contributed by atoms with Crippen LogP contribution in [-0.4, -0.2) is 16.7 Å². The van der Waals surface area contributed by atoms with Crippen LogP contribution in [0.1, 0.15) is 24.8 Å². The molecule has 1 fully saturated rings. The topological polar surface area (TPSA) is 54.7 Å². The minimum absolute atomic E-state index is 0.165. The van der Waals surface area contributed by atoms with Gasteiger partial charge in [-0.05, 0) is 18.4 Å². The minimum Gasteiger partial charge on any atom is -0.330 e. The molecule has 0 unspecified atom stereocenters. The Morgan fingerprint density at radius 3 is 2.59 bits per heavy atom. The predicted molar refractivity (Wildman–Crippen MR) is 68.6 cm³/mol. The lowest BCUT2D eigenvalue weighted by Gasteiger charge is -2.41. The summed E-state index contributed by atoms with van der Waals surface area (Å²) in [5.74, 6) is 0. The van der Waals surface area contributed by atoms with Crippen molar-refractivity contribution in [2.45, 2.75) is 24.7 Å². The maximum absolute atomic E-state index is 5.97. The summed E-state index contributed by atoms with van der Waals surface area (Å²) in [7, 11) is 0. The van der Waals surface area contributed by atoms with Crippen LogP contribution in [0, 0.1) is 0 Å². The Labute approximate surface area is 101 Å². The van der Waals surface area contributed by atoms with Gasteiger partial charge in [-0.25, -0.2) is 0 Å². The maximum atomic E-state index is 5.97. The number of nitrogens with two attached hydrogens (primary N) is 1. The van der Waals surface area contributed by atoms with Crippen LogP contribution in [0.25, 0.3) is 11.3 Å². The number of nitrogens with one attached hydrogen (secondary N) is 1. The van der Waals surface area contributed by atoms with Crippen molar-refractivity contribution in [1.82, 2.24) is 10.2 Å². The molecule has 0 radical (unpaired) electrons. The molecule has 0 spiro atoms. The van der Waals surface area contributed by atoms with Gasteiger partial charge in [0.25, 0.3) is 0 Å². The minimum atomic E-state index is 0.165. The highest BCUT2D eigenvalue weighted by Crippen LogP contribution is 2.45. The molecule has 3 rings (SSSR count). The summed E-state index contributed by atoms with van der Waals surface area (Å²) in [5.41, 5.74) is 9.75. The molecule has 0 aliphatic heterocycles. The van der Waals surface area contributed by atoms with Crippen molar-refractivity contribution in [1.29, 1.82) is 0 Å². The standard InChI is InChI=1S/C14H17N3/c15-10-14(7-4-8-14)12-9-16-17-13(12)11-5-2-1-3-6-11/h1-3,5-6,9H,4,7-8,10,15H2,(H,16,17). The lowest BCUT2D eigenvalue weighted by atomic mass is 9.64. The van der Waals surface area contributed by atoms with Crippen molar-refractivity contribution in [2.75, 3.05) is 6.54 Å². The molecular formula is C14H17N3. The number of H-pyrrole nitrogens is 1.